The number of benzene rings is 1. The molecule has 112 valence electrons. The average molecular weight is 283 g/mol. The number of halogens is 2. The van der Waals surface area contributed by atoms with E-state index in [1.807, 2.05) is 20.8 Å². The highest BCUT2D eigenvalue weighted by molar-refractivity contribution is 5.26. The SMILES string of the molecule is C=C(CNCc1ccc(CC)c(F)c1F)OC(C)(C)C. The number of ether oxygens (including phenoxy) is 1. The molecule has 0 aliphatic carbocycles. The predicted molar refractivity (Wildman–Crippen MR) is 77.4 cm³/mol. The second-order valence-corrected chi connectivity index (χ2v) is 5.72. The maximum absolute atomic E-state index is 13.8. The summed E-state index contributed by atoms with van der Waals surface area (Å²) in [5, 5.41) is 3.00. The minimum Gasteiger partial charge on any atom is -0.492 e. The van der Waals surface area contributed by atoms with Gasteiger partial charge in [-0.05, 0) is 32.8 Å². The van der Waals surface area contributed by atoms with Crippen molar-refractivity contribution in [2.75, 3.05) is 6.54 Å². The number of hydrogen-bond donors (Lipinski definition) is 1. The van der Waals surface area contributed by atoms with E-state index in [0.717, 1.165) is 0 Å². The Morgan fingerprint density at radius 3 is 2.30 bits per heavy atom. The zero-order valence-corrected chi connectivity index (χ0v) is 12.6. The molecule has 0 aliphatic rings. The van der Waals surface area contributed by atoms with Gasteiger partial charge in [0.15, 0.2) is 11.6 Å². The minimum atomic E-state index is -0.779. The van der Waals surface area contributed by atoms with E-state index in [-0.39, 0.29) is 12.1 Å². The van der Waals surface area contributed by atoms with E-state index in [4.69, 9.17) is 4.74 Å². The van der Waals surface area contributed by atoms with Crippen LogP contribution < -0.4 is 5.32 Å². The van der Waals surface area contributed by atoms with Crippen LogP contribution in [0.5, 0.6) is 0 Å². The molecule has 1 N–H and O–H groups in total. The Morgan fingerprint density at radius 1 is 1.20 bits per heavy atom. The summed E-state index contributed by atoms with van der Waals surface area (Å²) in [6.45, 7) is 12.0. The van der Waals surface area contributed by atoms with Crippen molar-refractivity contribution in [1.82, 2.24) is 5.32 Å². The van der Waals surface area contributed by atoms with Crippen LogP contribution in [0.15, 0.2) is 24.5 Å². The minimum absolute atomic E-state index is 0.235. The van der Waals surface area contributed by atoms with Crippen LogP contribution in [-0.4, -0.2) is 12.1 Å². The van der Waals surface area contributed by atoms with E-state index in [2.05, 4.69) is 11.9 Å². The molecule has 20 heavy (non-hydrogen) atoms. The fourth-order valence-corrected chi connectivity index (χ4v) is 1.84. The Kier molecular flexibility index (Phi) is 5.69. The van der Waals surface area contributed by atoms with Crippen LogP contribution in [0.2, 0.25) is 0 Å². The summed E-state index contributed by atoms with van der Waals surface area (Å²) in [4.78, 5) is 0. The highest BCUT2D eigenvalue weighted by Crippen LogP contribution is 2.17. The lowest BCUT2D eigenvalue weighted by atomic mass is 10.1. The van der Waals surface area contributed by atoms with Crippen molar-refractivity contribution in [2.45, 2.75) is 46.3 Å². The molecule has 1 aromatic rings. The summed E-state index contributed by atoms with van der Waals surface area (Å²) in [7, 11) is 0. The van der Waals surface area contributed by atoms with Gasteiger partial charge in [-0.15, -0.1) is 0 Å². The Bertz CT molecular complexity index is 478. The molecule has 0 fully saturated rings. The van der Waals surface area contributed by atoms with E-state index in [1.165, 1.54) is 0 Å². The summed E-state index contributed by atoms with van der Waals surface area (Å²) >= 11 is 0. The van der Waals surface area contributed by atoms with E-state index < -0.39 is 11.6 Å². The van der Waals surface area contributed by atoms with Crippen molar-refractivity contribution in [3.63, 3.8) is 0 Å². The Labute approximate surface area is 119 Å². The summed E-state index contributed by atoms with van der Waals surface area (Å²) in [5.74, 6) is -0.959. The van der Waals surface area contributed by atoms with Crippen molar-refractivity contribution in [1.29, 1.82) is 0 Å². The van der Waals surface area contributed by atoms with Crippen LogP contribution in [0.3, 0.4) is 0 Å². The van der Waals surface area contributed by atoms with Crippen LogP contribution in [0.25, 0.3) is 0 Å². The topological polar surface area (TPSA) is 21.3 Å². The second-order valence-electron chi connectivity index (χ2n) is 5.72. The molecule has 0 unspecified atom stereocenters. The first kappa shape index (κ1) is 16.6. The molecule has 0 aromatic heterocycles. The third kappa shape index (κ3) is 4.93. The van der Waals surface area contributed by atoms with Gasteiger partial charge in [0.2, 0.25) is 0 Å². The molecule has 0 aliphatic heterocycles. The van der Waals surface area contributed by atoms with Crippen LogP contribution in [0.4, 0.5) is 8.78 Å². The molecule has 0 saturated heterocycles. The third-order valence-electron chi connectivity index (χ3n) is 2.71. The van der Waals surface area contributed by atoms with Gasteiger partial charge < -0.3 is 10.1 Å². The fourth-order valence-electron chi connectivity index (χ4n) is 1.84. The number of nitrogens with one attached hydrogen (secondary N) is 1. The molecule has 4 heteroatoms. The first-order valence-corrected chi connectivity index (χ1v) is 6.78. The summed E-state index contributed by atoms with van der Waals surface area (Å²) in [6.07, 6.45) is 0.479. The van der Waals surface area contributed by atoms with E-state index in [9.17, 15) is 8.78 Å². The zero-order valence-electron chi connectivity index (χ0n) is 12.6. The highest BCUT2D eigenvalue weighted by Gasteiger charge is 2.14. The molecule has 0 saturated carbocycles. The van der Waals surface area contributed by atoms with Gasteiger partial charge in [-0.25, -0.2) is 8.78 Å². The smallest absolute Gasteiger partial charge is 0.163 e. The number of aryl methyl sites for hydroxylation is 1. The Morgan fingerprint density at radius 2 is 1.75 bits per heavy atom. The van der Waals surface area contributed by atoms with Gasteiger partial charge in [0.1, 0.15) is 11.4 Å². The van der Waals surface area contributed by atoms with Gasteiger partial charge in [0, 0.05) is 12.1 Å². The standard InChI is InChI=1S/C16H23F2NO/c1-6-12-7-8-13(15(18)14(12)17)10-19-9-11(2)20-16(3,4)5/h7-8,19H,2,6,9-10H2,1,3-5H3. The van der Waals surface area contributed by atoms with E-state index >= 15 is 0 Å². The summed E-state index contributed by atoms with van der Waals surface area (Å²) in [5.41, 5.74) is 0.397. The maximum Gasteiger partial charge on any atom is 0.163 e. The van der Waals surface area contributed by atoms with Gasteiger partial charge in [-0.3, -0.25) is 0 Å². The third-order valence-corrected chi connectivity index (χ3v) is 2.71. The highest BCUT2D eigenvalue weighted by atomic mass is 19.2. The monoisotopic (exact) mass is 283 g/mol. The van der Waals surface area contributed by atoms with Gasteiger partial charge >= 0.3 is 0 Å². The van der Waals surface area contributed by atoms with Crippen LogP contribution in [0.1, 0.15) is 38.8 Å². The molecular formula is C16H23F2NO. The van der Waals surface area contributed by atoms with Crippen molar-refractivity contribution in [3.05, 3.63) is 47.2 Å². The molecular weight excluding hydrogens is 260 g/mol. The fraction of sp³-hybridized carbons (Fsp3) is 0.500. The van der Waals surface area contributed by atoms with Crippen LogP contribution in [0, 0.1) is 11.6 Å². The number of hydrogen-bond acceptors (Lipinski definition) is 2. The first-order valence-electron chi connectivity index (χ1n) is 6.78. The molecule has 0 radical (unpaired) electrons. The molecule has 0 atom stereocenters. The Balaban J connectivity index is 2.55. The quantitative estimate of drug-likeness (QED) is 0.798. The van der Waals surface area contributed by atoms with Gasteiger partial charge in [0.05, 0.1) is 6.54 Å². The van der Waals surface area contributed by atoms with Gasteiger partial charge in [-0.1, -0.05) is 25.6 Å². The van der Waals surface area contributed by atoms with Crippen molar-refractivity contribution >= 4 is 0 Å². The normalized spacial score (nSPS) is 11.5. The first-order chi connectivity index (χ1) is 9.24. The second kappa shape index (κ2) is 6.84. The predicted octanol–water partition coefficient (Wildman–Crippen LogP) is 3.95. The molecule has 1 rings (SSSR count). The van der Waals surface area contributed by atoms with Crippen molar-refractivity contribution in [2.24, 2.45) is 0 Å². The van der Waals surface area contributed by atoms with E-state index in [1.54, 1.807) is 19.1 Å². The van der Waals surface area contributed by atoms with Gasteiger partial charge in [-0.2, -0.15) is 0 Å². The van der Waals surface area contributed by atoms with Crippen LogP contribution in [-0.2, 0) is 17.7 Å². The lowest BCUT2D eigenvalue weighted by molar-refractivity contribution is 0.0498. The number of rotatable bonds is 6. The zero-order chi connectivity index (χ0) is 15.3. The van der Waals surface area contributed by atoms with Gasteiger partial charge in [0.25, 0.3) is 0 Å². The summed E-state index contributed by atoms with van der Waals surface area (Å²) in [6, 6.07) is 3.23. The largest absolute Gasteiger partial charge is 0.492 e. The molecule has 0 bridgehead atoms. The van der Waals surface area contributed by atoms with Crippen molar-refractivity contribution < 1.29 is 13.5 Å². The Hall–Kier alpha value is -1.42. The molecule has 1 aromatic carbocycles. The molecule has 0 heterocycles. The van der Waals surface area contributed by atoms with Crippen molar-refractivity contribution in [3.8, 4) is 0 Å². The average Bonchev–Trinajstić information content (AvgIpc) is 2.32. The lowest BCUT2D eigenvalue weighted by Gasteiger charge is -2.23. The van der Waals surface area contributed by atoms with Crippen LogP contribution >= 0.6 is 0 Å². The van der Waals surface area contributed by atoms with E-state index in [0.29, 0.717) is 29.9 Å². The lowest BCUT2D eigenvalue weighted by Crippen LogP contribution is -2.24. The molecule has 2 nitrogen and oxygen atoms in total. The molecule has 0 amide bonds. The summed E-state index contributed by atoms with van der Waals surface area (Å²) < 4.78 is 32.9. The maximum atomic E-state index is 13.8. The molecule has 0 spiro atoms.